The Labute approximate surface area is 487 Å². The SMILES string of the molecule is CC1=C(CCC(=O)OCc2cc[n+](CCN)cc2)c2cc3nc(cc4[nH]c(cc5[nH]c(cc1n2)c(C)c5C(=O)OCc1cc[n+](CCN)cc1)c(C)c4C(=O)OCc1cc[n+](CCN)cc1)C(C)=C3CCC(=O)OCc1cc[n+](CCN)cc1. The molecular weight excluding hydrogens is 1060 g/mol. The third-order valence-corrected chi connectivity index (χ3v) is 15.0. The van der Waals surface area contributed by atoms with Crippen LogP contribution in [0.1, 0.15) is 116 Å². The normalized spacial score (nSPS) is 12.2. The number of nitrogens with zero attached hydrogens (tertiary/aromatic N) is 6. The van der Waals surface area contributed by atoms with Crippen molar-refractivity contribution < 1.29 is 56.4 Å². The van der Waals surface area contributed by atoms with Gasteiger partial charge in [-0.25, -0.2) is 37.8 Å². The Bertz CT molecular complexity index is 3790. The van der Waals surface area contributed by atoms with Gasteiger partial charge < -0.3 is 51.9 Å². The monoisotopic (exact) mass is 1140 g/mol. The maximum atomic E-state index is 14.6. The number of fused-ring (bicyclic) bond motifs is 8. The van der Waals surface area contributed by atoms with Gasteiger partial charge in [0.05, 0.1) is 71.1 Å². The Balaban J connectivity index is 1.14. The quantitative estimate of drug-likeness (QED) is 0.0246. The third-order valence-electron chi connectivity index (χ3n) is 15.0. The molecule has 9 rings (SSSR count). The van der Waals surface area contributed by atoms with Crippen LogP contribution in [0, 0.1) is 13.8 Å². The molecule has 0 fully saturated rings. The van der Waals surface area contributed by atoms with Crippen molar-refractivity contribution in [1.82, 2.24) is 19.9 Å². The summed E-state index contributed by atoms with van der Waals surface area (Å²) in [5.74, 6) is -1.95. The first kappa shape index (κ1) is 59.5. The summed E-state index contributed by atoms with van der Waals surface area (Å²) in [6.07, 6.45) is 15.8. The number of aromatic nitrogens is 8. The third kappa shape index (κ3) is 14.6. The second-order valence-electron chi connectivity index (χ2n) is 20.9. The molecule has 10 N–H and O–H groups in total. The summed E-state index contributed by atoms with van der Waals surface area (Å²) >= 11 is 0. The molecule has 0 saturated carbocycles. The number of nitrogens with one attached hydrogen (secondary N) is 2. The number of H-pyrrole nitrogens is 2. The molecular formula is C64H74N12O8+4. The molecule has 0 atom stereocenters. The fourth-order valence-corrected chi connectivity index (χ4v) is 10.2. The zero-order valence-electron chi connectivity index (χ0n) is 48.1. The van der Waals surface area contributed by atoms with E-state index in [9.17, 15) is 19.2 Å². The largest absolute Gasteiger partial charge is 0.461 e. The maximum absolute atomic E-state index is 14.6. The molecule has 0 radical (unpaired) electrons. The van der Waals surface area contributed by atoms with Crippen molar-refractivity contribution in [3.63, 3.8) is 0 Å². The highest BCUT2D eigenvalue weighted by Crippen LogP contribution is 2.38. The van der Waals surface area contributed by atoms with Gasteiger partial charge in [-0.1, -0.05) is 0 Å². The number of hydrogen-bond acceptors (Lipinski definition) is 14. The number of rotatable bonds is 24. The Morgan fingerprint density at radius 2 is 0.726 bits per heavy atom. The van der Waals surface area contributed by atoms with Crippen LogP contribution in [0.5, 0.6) is 0 Å². The molecule has 0 unspecified atom stereocenters. The summed E-state index contributed by atoms with van der Waals surface area (Å²) in [5, 5.41) is 0. The lowest BCUT2D eigenvalue weighted by molar-refractivity contribution is -0.694. The summed E-state index contributed by atoms with van der Waals surface area (Å²) < 4.78 is 31.5. The van der Waals surface area contributed by atoms with Gasteiger partial charge in [0.25, 0.3) is 0 Å². The number of aryl methyl sites for hydroxylation is 2. The van der Waals surface area contributed by atoms with E-state index in [1.165, 1.54) is 0 Å². The van der Waals surface area contributed by atoms with Gasteiger partial charge in [-0.05, 0) is 98.2 Å². The van der Waals surface area contributed by atoms with E-state index in [-0.39, 0.29) is 63.2 Å². The van der Waals surface area contributed by atoms with Crippen LogP contribution in [0.2, 0.25) is 0 Å². The molecule has 7 aromatic rings. The minimum atomic E-state index is -0.587. The van der Waals surface area contributed by atoms with Crippen molar-refractivity contribution in [2.24, 2.45) is 22.9 Å². The molecule has 9 heterocycles. The second kappa shape index (κ2) is 27.8. The van der Waals surface area contributed by atoms with Gasteiger partial charge in [-0.15, -0.1) is 0 Å². The molecule has 0 aliphatic carbocycles. The van der Waals surface area contributed by atoms with E-state index in [0.717, 1.165) is 44.5 Å². The van der Waals surface area contributed by atoms with Crippen molar-refractivity contribution in [3.05, 3.63) is 190 Å². The van der Waals surface area contributed by atoms with Gasteiger partial charge in [-0.2, -0.15) is 0 Å². The number of esters is 4. The fraction of sp³-hybridized carbons (Fsp3) is 0.312. The van der Waals surface area contributed by atoms with Gasteiger partial charge in [-0.3, -0.25) is 9.59 Å². The van der Waals surface area contributed by atoms with Gasteiger partial charge in [0.2, 0.25) is 0 Å². The van der Waals surface area contributed by atoms with Crippen LogP contribution in [0.3, 0.4) is 0 Å². The van der Waals surface area contributed by atoms with E-state index in [2.05, 4.69) is 9.97 Å². The van der Waals surface area contributed by atoms with Crippen molar-refractivity contribution >= 4 is 68.2 Å². The van der Waals surface area contributed by atoms with E-state index in [1.807, 2.05) is 156 Å². The zero-order valence-corrected chi connectivity index (χ0v) is 48.1. The minimum absolute atomic E-state index is 0.00571. The van der Waals surface area contributed by atoms with Crippen LogP contribution in [-0.2, 0) is 81.1 Å². The molecule has 7 aromatic heterocycles. The molecule has 434 valence electrons. The van der Waals surface area contributed by atoms with Crippen molar-refractivity contribution in [3.8, 4) is 0 Å². The lowest BCUT2D eigenvalue weighted by Gasteiger charge is -2.08. The lowest BCUT2D eigenvalue weighted by atomic mass is 9.98. The Morgan fingerprint density at radius 1 is 0.417 bits per heavy atom. The average molecular weight is 1140 g/mol. The first-order chi connectivity index (χ1) is 40.7. The summed E-state index contributed by atoms with van der Waals surface area (Å²) in [6.45, 7) is 12.3. The van der Waals surface area contributed by atoms with Crippen LogP contribution < -0.4 is 41.2 Å². The van der Waals surface area contributed by atoms with Crippen molar-refractivity contribution in [2.75, 3.05) is 26.2 Å². The van der Waals surface area contributed by atoms with Crippen LogP contribution in [-0.4, -0.2) is 70.0 Å². The Hall–Kier alpha value is -9.08. The van der Waals surface area contributed by atoms with Crippen LogP contribution in [0.15, 0.2) is 122 Å². The summed E-state index contributed by atoms with van der Waals surface area (Å²) in [7, 11) is 0. The van der Waals surface area contributed by atoms with Crippen molar-refractivity contribution in [2.45, 2.75) is 106 Å². The first-order valence-electron chi connectivity index (χ1n) is 28.3. The minimum Gasteiger partial charge on any atom is -0.461 e. The second-order valence-corrected chi connectivity index (χ2v) is 20.9. The fourth-order valence-electron chi connectivity index (χ4n) is 10.2. The van der Waals surface area contributed by atoms with Gasteiger partial charge >= 0.3 is 23.9 Å². The van der Waals surface area contributed by atoms with E-state index in [0.29, 0.717) is 108 Å². The predicted octanol–water partition coefficient (Wildman–Crippen LogP) is 5.54. The topological polar surface area (TPSA) is 282 Å². The van der Waals surface area contributed by atoms with E-state index >= 15 is 0 Å². The zero-order chi connectivity index (χ0) is 59.3. The number of carbonyl (C=O) groups excluding carboxylic acids is 4. The van der Waals surface area contributed by atoms with E-state index in [1.54, 1.807) is 12.1 Å². The summed E-state index contributed by atoms with van der Waals surface area (Å²) in [4.78, 5) is 73.7. The highest BCUT2D eigenvalue weighted by Gasteiger charge is 2.26. The summed E-state index contributed by atoms with van der Waals surface area (Å²) in [6, 6.07) is 22.5. The smallest absolute Gasteiger partial charge is 0.340 e. The maximum Gasteiger partial charge on any atom is 0.340 e. The molecule has 84 heavy (non-hydrogen) atoms. The molecule has 20 nitrogen and oxygen atoms in total. The van der Waals surface area contributed by atoms with Crippen molar-refractivity contribution in [1.29, 1.82) is 0 Å². The molecule has 0 saturated heterocycles. The van der Waals surface area contributed by atoms with E-state index < -0.39 is 23.9 Å². The number of carbonyl (C=O) groups is 4. The van der Waals surface area contributed by atoms with Gasteiger partial charge in [0, 0.05) is 94.7 Å². The number of pyridine rings is 4. The Kier molecular flexibility index (Phi) is 19.7. The molecule has 8 bridgehead atoms. The molecule has 2 aliphatic rings. The summed E-state index contributed by atoms with van der Waals surface area (Å²) in [5.41, 5.74) is 35.2. The predicted molar refractivity (Wildman–Crippen MR) is 315 cm³/mol. The molecule has 0 amide bonds. The average Bonchev–Trinajstić information content (AvgIpc) is 4.40. The number of allylic oxidation sites excluding steroid dienone is 4. The number of aromatic amines is 2. The highest BCUT2D eigenvalue weighted by molar-refractivity contribution is 6.05. The van der Waals surface area contributed by atoms with Gasteiger partial charge in [0.15, 0.2) is 75.8 Å². The number of hydrogen-bond donors (Lipinski definition) is 6. The molecule has 20 heteroatoms. The van der Waals surface area contributed by atoms with Gasteiger partial charge in [0.1, 0.15) is 26.4 Å². The molecule has 0 spiro atoms. The molecule has 0 aromatic carbocycles. The first-order valence-corrected chi connectivity index (χ1v) is 28.3. The van der Waals surface area contributed by atoms with Crippen LogP contribution >= 0.6 is 0 Å². The van der Waals surface area contributed by atoms with E-state index in [4.69, 9.17) is 51.9 Å². The lowest BCUT2D eigenvalue weighted by Crippen LogP contribution is -2.36. The highest BCUT2D eigenvalue weighted by atomic mass is 16.5. The Morgan fingerprint density at radius 3 is 1.07 bits per heavy atom. The number of nitrogens with two attached hydrogens (primary N) is 4. The molecule has 2 aliphatic heterocycles. The standard InChI is InChI=1S/C64H73N12O8/c1-41-49(5-7-59(77)81-37-45-9-21-73(22-10-45)29-17-65)55-36-56-50(6-8-60(78)82-38-46-11-23-74(24-12-46)30-18-66)42(2)52(70-56)34-57-62(64(80)84-40-48-15-27-76(28-16-48)32-20-68)44(4)54(72-57)35-58-61(43(3)53(71-58)33-51(41)69-55)63(79)83-39-47-13-25-75(26-14-47)31-19-67/h9-16,21-28,33-36H,5-8,17-20,29-32,37-40,65-68H2,1-4H3,(H-,69,70,71,72,79,80)/q+3/p+1. The van der Waals surface area contributed by atoms with Crippen LogP contribution in [0.25, 0.3) is 44.4 Å². The number of ether oxygens (including phenoxy) is 4. The van der Waals surface area contributed by atoms with Crippen LogP contribution in [0.4, 0.5) is 0 Å².